The number of benzene rings is 11. The van der Waals surface area contributed by atoms with E-state index in [1.807, 2.05) is 11.8 Å². The van der Waals surface area contributed by atoms with E-state index in [9.17, 15) is 0 Å². The second-order valence-electron chi connectivity index (χ2n) is 18.0. The Bertz CT molecular complexity index is 3530. The summed E-state index contributed by atoms with van der Waals surface area (Å²) in [5.41, 5.74) is 16.2. The van der Waals surface area contributed by atoms with Crippen LogP contribution in [-0.4, -0.2) is 0 Å². The van der Waals surface area contributed by atoms with Gasteiger partial charge >= 0.3 is 0 Å². The molecule has 3 aliphatic rings. The molecule has 11 aromatic rings. The first-order valence-electron chi connectivity index (χ1n) is 23.2. The minimum absolute atomic E-state index is 1.10. The molecule has 1 heterocycles. The maximum Gasteiger partial charge on any atom is 0.0603 e. The number of fused-ring (bicyclic) bond motifs is 4. The molecule has 2 aliphatic carbocycles. The summed E-state index contributed by atoms with van der Waals surface area (Å²) in [5, 5.41) is 10.4. The lowest BCUT2D eigenvalue weighted by Crippen LogP contribution is -2.17. The molecule has 0 unspecified atom stereocenters. The molecule has 0 saturated heterocycles. The van der Waals surface area contributed by atoms with Gasteiger partial charge in [-0.3, -0.25) is 0 Å². The maximum atomic E-state index is 2.49. The fourth-order valence-electron chi connectivity index (χ4n) is 11.3. The topological polar surface area (TPSA) is 9.72 Å². The van der Waals surface area contributed by atoms with Gasteiger partial charge in [-0.15, -0.1) is 0 Å². The van der Waals surface area contributed by atoms with Crippen molar-refractivity contribution in [2.24, 2.45) is 0 Å². The normalized spacial score (nSPS) is 13.4. The van der Waals surface area contributed by atoms with Crippen LogP contribution in [0.5, 0.6) is 0 Å². The van der Waals surface area contributed by atoms with Crippen molar-refractivity contribution >= 4 is 106 Å². The van der Waals surface area contributed by atoms with E-state index in [1.54, 1.807) is 0 Å². The molecule has 66 heavy (non-hydrogen) atoms. The summed E-state index contributed by atoms with van der Waals surface area (Å²) in [4.78, 5) is 9.85. The van der Waals surface area contributed by atoms with Crippen molar-refractivity contribution in [1.29, 1.82) is 0 Å². The lowest BCUT2D eigenvalue weighted by atomic mass is 10.0. The molecular formula is C62H43N3S. The van der Waals surface area contributed by atoms with Crippen molar-refractivity contribution in [1.82, 2.24) is 0 Å². The number of hydrogen-bond acceptors (Lipinski definition) is 4. The number of rotatable bonds is 7. The van der Waals surface area contributed by atoms with Crippen LogP contribution in [0.1, 0.15) is 22.3 Å². The number of para-hydroxylation sites is 1. The fourth-order valence-corrected chi connectivity index (χ4v) is 12.4. The van der Waals surface area contributed by atoms with Crippen molar-refractivity contribution in [2.75, 3.05) is 14.7 Å². The monoisotopic (exact) mass is 861 g/mol. The summed E-state index contributed by atoms with van der Waals surface area (Å²) in [6.45, 7) is 0. The number of hydrogen-bond donors (Lipinski definition) is 0. The van der Waals surface area contributed by atoms with E-state index >= 15 is 0 Å². The Morgan fingerprint density at radius 2 is 0.758 bits per heavy atom. The summed E-state index contributed by atoms with van der Waals surface area (Å²) in [7, 11) is 0. The van der Waals surface area contributed by atoms with Gasteiger partial charge in [0.1, 0.15) is 0 Å². The minimum Gasteiger partial charge on any atom is -0.310 e. The van der Waals surface area contributed by atoms with Gasteiger partial charge in [-0.25, -0.2) is 0 Å². The lowest BCUT2D eigenvalue weighted by Gasteiger charge is -2.35. The maximum absolute atomic E-state index is 2.49. The molecule has 14 rings (SSSR count). The van der Waals surface area contributed by atoms with Crippen molar-refractivity contribution in [3.8, 4) is 0 Å². The van der Waals surface area contributed by atoms with E-state index in [4.69, 9.17) is 0 Å². The molecule has 4 heteroatoms. The number of nitrogens with zero attached hydrogens (tertiary/aromatic N) is 3. The van der Waals surface area contributed by atoms with Gasteiger partial charge < -0.3 is 14.7 Å². The van der Waals surface area contributed by atoms with Gasteiger partial charge in [0, 0.05) is 49.0 Å². The van der Waals surface area contributed by atoms with Crippen LogP contribution in [0.2, 0.25) is 0 Å². The Hall–Kier alpha value is -7.79. The second kappa shape index (κ2) is 14.9. The molecule has 312 valence electrons. The van der Waals surface area contributed by atoms with Gasteiger partial charge in [0.05, 0.1) is 22.7 Å². The third kappa shape index (κ3) is 5.91. The average Bonchev–Trinajstić information content (AvgIpc) is 4.01. The van der Waals surface area contributed by atoms with Crippen molar-refractivity contribution in [2.45, 2.75) is 35.5 Å². The molecule has 3 nitrogen and oxygen atoms in total. The summed E-state index contributed by atoms with van der Waals surface area (Å²) >= 11 is 1.87. The fraction of sp³-hybridized carbons (Fsp3) is 0.0645. The smallest absolute Gasteiger partial charge is 0.0603 e. The van der Waals surface area contributed by atoms with Crippen LogP contribution >= 0.6 is 11.8 Å². The third-order valence-electron chi connectivity index (χ3n) is 14.3. The molecule has 0 aromatic heterocycles. The van der Waals surface area contributed by atoms with Crippen LogP contribution in [0, 0.1) is 0 Å². The zero-order valence-corrected chi connectivity index (χ0v) is 37.1. The molecule has 0 spiro atoms. The first kappa shape index (κ1) is 37.6. The first-order valence-corrected chi connectivity index (χ1v) is 24.0. The highest BCUT2D eigenvalue weighted by Crippen LogP contribution is 2.55. The Morgan fingerprint density at radius 1 is 0.333 bits per heavy atom. The Labute approximate surface area is 388 Å². The summed E-state index contributed by atoms with van der Waals surface area (Å²) in [5.74, 6) is 0. The van der Waals surface area contributed by atoms with Gasteiger partial charge in [0.25, 0.3) is 0 Å². The lowest BCUT2D eigenvalue weighted by molar-refractivity contribution is 1.02. The van der Waals surface area contributed by atoms with Crippen LogP contribution in [0.3, 0.4) is 0 Å². The molecular weight excluding hydrogens is 819 g/mol. The molecule has 0 saturated carbocycles. The summed E-state index contributed by atoms with van der Waals surface area (Å²) < 4.78 is 0. The predicted molar refractivity (Wildman–Crippen MR) is 279 cm³/mol. The molecule has 0 N–H and O–H groups in total. The summed E-state index contributed by atoms with van der Waals surface area (Å²) in [6.07, 6.45) is 4.39. The molecule has 0 amide bonds. The highest BCUT2D eigenvalue weighted by atomic mass is 32.2. The van der Waals surface area contributed by atoms with Crippen molar-refractivity contribution < 1.29 is 0 Å². The van der Waals surface area contributed by atoms with Crippen LogP contribution in [0.15, 0.2) is 222 Å². The van der Waals surface area contributed by atoms with E-state index in [0.29, 0.717) is 0 Å². The zero-order chi connectivity index (χ0) is 43.3. The van der Waals surface area contributed by atoms with Gasteiger partial charge in [-0.1, -0.05) is 139 Å². The van der Waals surface area contributed by atoms with Crippen LogP contribution in [-0.2, 0) is 25.7 Å². The van der Waals surface area contributed by atoms with Crippen LogP contribution < -0.4 is 14.7 Å². The molecule has 0 fully saturated rings. The van der Waals surface area contributed by atoms with E-state index in [1.165, 1.54) is 97.9 Å². The SMILES string of the molecule is c1ccc(N2c3ccc(N(c4ccc5ccccc5c4)c4ccc5c6c(cccc46)CC5)cc3Sc3cc(N(c4ccc5ccccc5c4)c4ccc5c6c(cccc46)CC5)ccc32)cc1. The minimum atomic E-state index is 1.10. The van der Waals surface area contributed by atoms with Gasteiger partial charge in [-0.05, 0) is 165 Å². The highest BCUT2D eigenvalue weighted by molar-refractivity contribution is 7.99. The summed E-state index contributed by atoms with van der Waals surface area (Å²) in [6, 6.07) is 79.4. The van der Waals surface area contributed by atoms with E-state index in [0.717, 1.165) is 54.1 Å². The highest BCUT2D eigenvalue weighted by Gasteiger charge is 2.30. The molecule has 11 aromatic carbocycles. The Kier molecular flexibility index (Phi) is 8.47. The second-order valence-corrected chi connectivity index (χ2v) is 19.1. The van der Waals surface area contributed by atoms with E-state index in [2.05, 4.69) is 227 Å². The Morgan fingerprint density at radius 3 is 1.26 bits per heavy atom. The third-order valence-corrected chi connectivity index (χ3v) is 15.4. The standard InChI is InChI=1S/C62H43N3S/c1-2-16-48(17-3-1)65-57-34-30-51(63(49-28-24-40-10-4-6-12-46(40)36-49)55-32-26-44-22-20-42-14-8-18-53(55)61(42)44)38-59(57)66-60-39-52(31-35-58(60)65)64(50-29-25-41-11-5-7-13-47(41)37-50)56-33-27-45-23-21-43-15-9-19-54(56)62(43)45/h1-19,24-39H,20-23H2. The van der Waals surface area contributed by atoms with Gasteiger partial charge in [0.15, 0.2) is 0 Å². The number of aryl methyl sites for hydroxylation is 4. The largest absolute Gasteiger partial charge is 0.310 e. The van der Waals surface area contributed by atoms with Crippen molar-refractivity contribution in [3.63, 3.8) is 0 Å². The van der Waals surface area contributed by atoms with Crippen LogP contribution in [0.4, 0.5) is 51.2 Å². The number of anilines is 9. The van der Waals surface area contributed by atoms with Gasteiger partial charge in [0.2, 0.25) is 0 Å². The quantitative estimate of drug-likeness (QED) is 0.158. The van der Waals surface area contributed by atoms with Gasteiger partial charge in [-0.2, -0.15) is 0 Å². The molecule has 0 bridgehead atoms. The van der Waals surface area contributed by atoms with Crippen molar-refractivity contribution in [3.05, 3.63) is 235 Å². The van der Waals surface area contributed by atoms with Crippen LogP contribution in [0.25, 0.3) is 43.1 Å². The average molecular weight is 862 g/mol. The molecule has 1 aliphatic heterocycles. The molecule has 0 radical (unpaired) electrons. The molecule has 0 atom stereocenters. The predicted octanol–water partition coefficient (Wildman–Crippen LogP) is 17.4. The Balaban J connectivity index is 0.960. The zero-order valence-electron chi connectivity index (χ0n) is 36.3. The van der Waals surface area contributed by atoms with E-state index in [-0.39, 0.29) is 0 Å². The van der Waals surface area contributed by atoms with E-state index < -0.39 is 0 Å². The first-order chi connectivity index (χ1) is 32.7.